The van der Waals surface area contributed by atoms with Crippen LogP contribution < -0.4 is 19.7 Å². The van der Waals surface area contributed by atoms with E-state index in [4.69, 9.17) is 4.74 Å². The average molecular weight is 689 g/mol. The van der Waals surface area contributed by atoms with E-state index in [-0.39, 0.29) is 29.1 Å². The molecular weight excluding hydrogens is 655 g/mol. The quantitative estimate of drug-likeness (QED) is 0.140. The zero-order valence-electron chi connectivity index (χ0n) is 26.4. The summed E-state index contributed by atoms with van der Waals surface area (Å²) < 4.78 is 78.2. The van der Waals surface area contributed by atoms with Gasteiger partial charge < -0.3 is 19.7 Å². The standard InChI is InChI=1S/C33H33F5N6O3S/c1-19(2)26-14-13-25(46-4)17-27(26)44-20(3)15-16-48-32(44)41-31(45)40-29(35)28(34)21-5-7-22(8-6-21)30-39-18-43(42-30)23-9-11-24(12-10-23)47-33(36,37)38/h5-14,17-20,28-29H,15-16H2,1-4H3,(H,40,45). The van der Waals surface area contributed by atoms with Crippen molar-refractivity contribution >= 4 is 28.6 Å². The van der Waals surface area contributed by atoms with E-state index in [0.29, 0.717) is 27.9 Å². The number of aliphatic imine (C=N–C) groups is 1. The Morgan fingerprint density at radius 3 is 2.38 bits per heavy atom. The minimum atomic E-state index is -4.81. The van der Waals surface area contributed by atoms with Crippen molar-refractivity contribution in [3.8, 4) is 28.6 Å². The highest BCUT2D eigenvalue weighted by molar-refractivity contribution is 8.14. The number of nitrogens with one attached hydrogen (secondary N) is 1. The molecule has 1 aromatic heterocycles. The first-order valence-electron chi connectivity index (χ1n) is 15.0. The maximum Gasteiger partial charge on any atom is 0.573 e. The molecule has 0 radical (unpaired) electrons. The largest absolute Gasteiger partial charge is 0.573 e. The van der Waals surface area contributed by atoms with Gasteiger partial charge in [-0.25, -0.2) is 23.2 Å². The second-order valence-electron chi connectivity index (χ2n) is 11.3. The molecule has 1 aliphatic rings. The number of carbonyl (C=O) groups is 1. The SMILES string of the molecule is COc1ccc(C(C)C)c(N2C(=NC(=O)NC(F)C(F)c3ccc(-c4ncn(-c5ccc(OC(F)(F)F)cc5)n4)cc3)SCCC2C)c1. The number of carbonyl (C=O) groups excluding carboxylic acids is 1. The van der Waals surface area contributed by atoms with Crippen LogP contribution in [-0.4, -0.2) is 57.5 Å². The first-order chi connectivity index (χ1) is 22.8. The molecular formula is C33H33F5N6O3S. The molecule has 3 aromatic carbocycles. The predicted octanol–water partition coefficient (Wildman–Crippen LogP) is 8.37. The van der Waals surface area contributed by atoms with E-state index in [0.717, 1.165) is 29.8 Å². The van der Waals surface area contributed by atoms with Gasteiger partial charge in [-0.3, -0.25) is 0 Å². The van der Waals surface area contributed by atoms with Crippen molar-refractivity contribution in [1.82, 2.24) is 20.1 Å². The topological polar surface area (TPSA) is 93.9 Å². The second-order valence-corrected chi connectivity index (χ2v) is 12.3. The van der Waals surface area contributed by atoms with Crippen molar-refractivity contribution in [2.24, 2.45) is 4.99 Å². The lowest BCUT2D eigenvalue weighted by atomic mass is 9.99. The summed E-state index contributed by atoms with van der Waals surface area (Å²) >= 11 is 1.36. The highest BCUT2D eigenvalue weighted by Crippen LogP contribution is 2.37. The molecule has 0 spiro atoms. The Kier molecular flexibility index (Phi) is 10.6. The predicted molar refractivity (Wildman–Crippen MR) is 174 cm³/mol. The van der Waals surface area contributed by atoms with E-state index in [9.17, 15) is 18.0 Å². The fraction of sp³-hybridized carbons (Fsp3) is 0.333. The number of halogens is 5. The van der Waals surface area contributed by atoms with Crippen LogP contribution in [0.2, 0.25) is 0 Å². The van der Waals surface area contributed by atoms with E-state index in [1.165, 1.54) is 59.2 Å². The maximum atomic E-state index is 15.2. The number of methoxy groups -OCH3 is 1. The smallest absolute Gasteiger partial charge is 0.497 e. The van der Waals surface area contributed by atoms with Gasteiger partial charge in [-0.15, -0.1) is 18.3 Å². The summed E-state index contributed by atoms with van der Waals surface area (Å²) in [5, 5.41) is 6.71. The molecule has 1 N–H and O–H groups in total. The van der Waals surface area contributed by atoms with Crippen molar-refractivity contribution in [2.75, 3.05) is 17.8 Å². The number of amidine groups is 1. The lowest BCUT2D eigenvalue weighted by Crippen LogP contribution is -2.43. The summed E-state index contributed by atoms with van der Waals surface area (Å²) in [6.45, 7) is 6.14. The number of urea groups is 1. The van der Waals surface area contributed by atoms with Gasteiger partial charge in [-0.1, -0.05) is 55.9 Å². The average Bonchev–Trinajstić information content (AvgIpc) is 3.54. The molecule has 0 aliphatic carbocycles. The van der Waals surface area contributed by atoms with Gasteiger partial charge in [0.05, 0.1) is 18.5 Å². The molecule has 2 heterocycles. The summed E-state index contributed by atoms with van der Waals surface area (Å²) in [4.78, 5) is 23.2. The summed E-state index contributed by atoms with van der Waals surface area (Å²) in [6.07, 6.45) is -7.18. The highest BCUT2D eigenvalue weighted by atomic mass is 32.2. The van der Waals surface area contributed by atoms with E-state index in [1.807, 2.05) is 35.3 Å². The molecule has 1 aliphatic heterocycles. The number of thioether (sulfide) groups is 1. The zero-order valence-corrected chi connectivity index (χ0v) is 27.2. The number of anilines is 1. The number of benzene rings is 3. The molecule has 9 nitrogen and oxygen atoms in total. The van der Waals surface area contributed by atoms with Gasteiger partial charge in [-0.05, 0) is 60.7 Å². The number of hydrogen-bond donors (Lipinski definition) is 1. The number of amides is 2. The van der Waals surface area contributed by atoms with Gasteiger partial charge in [0.15, 0.2) is 17.2 Å². The van der Waals surface area contributed by atoms with Crippen molar-refractivity contribution < 1.29 is 36.2 Å². The van der Waals surface area contributed by atoms with Crippen LogP contribution in [0, 0.1) is 0 Å². The molecule has 4 aromatic rings. The molecule has 254 valence electrons. The maximum absolute atomic E-state index is 15.2. The van der Waals surface area contributed by atoms with Crippen molar-refractivity contribution in [1.29, 1.82) is 0 Å². The van der Waals surface area contributed by atoms with E-state index < -0.39 is 24.9 Å². The van der Waals surface area contributed by atoms with Crippen LogP contribution in [-0.2, 0) is 0 Å². The minimum Gasteiger partial charge on any atom is -0.497 e. The first kappa shape index (κ1) is 34.7. The van der Waals surface area contributed by atoms with Crippen LogP contribution in [0.5, 0.6) is 11.5 Å². The number of alkyl halides is 5. The molecule has 3 atom stereocenters. The monoisotopic (exact) mass is 688 g/mol. The lowest BCUT2D eigenvalue weighted by molar-refractivity contribution is -0.274. The van der Waals surface area contributed by atoms with Crippen molar-refractivity contribution in [3.63, 3.8) is 0 Å². The third-order valence-electron chi connectivity index (χ3n) is 7.56. The number of aromatic nitrogens is 3. The molecule has 3 unspecified atom stereocenters. The van der Waals surface area contributed by atoms with Gasteiger partial charge >= 0.3 is 12.4 Å². The number of hydrogen-bond acceptors (Lipinski definition) is 6. The van der Waals surface area contributed by atoms with Gasteiger partial charge in [-0.2, -0.15) is 4.99 Å². The van der Waals surface area contributed by atoms with Crippen LogP contribution in [0.4, 0.5) is 32.4 Å². The molecule has 15 heteroatoms. The van der Waals surface area contributed by atoms with Crippen LogP contribution in [0.25, 0.3) is 17.1 Å². The summed E-state index contributed by atoms with van der Waals surface area (Å²) in [5.41, 5.74) is 2.75. The zero-order chi connectivity index (χ0) is 34.6. The Morgan fingerprint density at radius 2 is 1.73 bits per heavy atom. The second kappa shape index (κ2) is 14.6. The summed E-state index contributed by atoms with van der Waals surface area (Å²) in [5.74, 6) is 1.39. The molecule has 0 bridgehead atoms. The Morgan fingerprint density at radius 1 is 1.04 bits per heavy atom. The fourth-order valence-corrected chi connectivity index (χ4v) is 6.30. The molecule has 5 rings (SSSR count). The first-order valence-corrected chi connectivity index (χ1v) is 16.0. The van der Waals surface area contributed by atoms with Crippen molar-refractivity contribution in [3.05, 3.63) is 84.2 Å². The van der Waals surface area contributed by atoms with Gasteiger partial charge in [0.2, 0.25) is 6.30 Å². The van der Waals surface area contributed by atoms with E-state index >= 15 is 8.78 Å². The lowest BCUT2D eigenvalue weighted by Gasteiger charge is -2.37. The fourth-order valence-electron chi connectivity index (χ4n) is 5.10. The Balaban J connectivity index is 1.25. The Hall–Kier alpha value is -4.66. The van der Waals surface area contributed by atoms with Crippen LogP contribution in [0.15, 0.2) is 78.0 Å². The van der Waals surface area contributed by atoms with E-state index in [2.05, 4.69) is 33.7 Å². The third-order valence-corrected chi connectivity index (χ3v) is 8.55. The van der Waals surface area contributed by atoms with Crippen LogP contribution in [0.1, 0.15) is 50.4 Å². The molecule has 2 amide bonds. The van der Waals surface area contributed by atoms with Crippen molar-refractivity contribution in [2.45, 2.75) is 58.0 Å². The molecule has 1 fully saturated rings. The normalized spacial score (nSPS) is 17.3. The van der Waals surface area contributed by atoms with Gasteiger partial charge in [0, 0.05) is 23.4 Å². The Bertz CT molecular complexity index is 1750. The Labute approximate surface area is 278 Å². The van der Waals surface area contributed by atoms with Gasteiger partial charge in [0.1, 0.15) is 17.8 Å². The summed E-state index contributed by atoms with van der Waals surface area (Å²) in [7, 11) is 1.57. The van der Waals surface area contributed by atoms with Gasteiger partial charge in [0.25, 0.3) is 0 Å². The minimum absolute atomic E-state index is 0.00433. The summed E-state index contributed by atoms with van der Waals surface area (Å²) in [6, 6.07) is 15.5. The number of nitrogens with zero attached hydrogens (tertiary/aromatic N) is 5. The number of rotatable bonds is 9. The van der Waals surface area contributed by atoms with Crippen LogP contribution in [0.3, 0.4) is 0 Å². The third kappa shape index (κ3) is 8.24. The molecule has 1 saturated heterocycles. The van der Waals surface area contributed by atoms with E-state index in [1.54, 1.807) is 7.11 Å². The number of ether oxygens (including phenoxy) is 2. The van der Waals surface area contributed by atoms with Crippen LogP contribution >= 0.6 is 11.8 Å². The highest BCUT2D eigenvalue weighted by Gasteiger charge is 2.32. The molecule has 0 saturated carbocycles. The molecule has 48 heavy (non-hydrogen) atoms.